The number of para-hydroxylation sites is 2. The Kier molecular flexibility index (Phi) is 5.48. The van der Waals surface area contributed by atoms with E-state index in [2.05, 4.69) is 17.4 Å². The smallest absolute Gasteiger partial charge is 0.258 e. The maximum absolute atomic E-state index is 13.6. The van der Waals surface area contributed by atoms with Gasteiger partial charge < -0.3 is 24.4 Å². The zero-order valence-electron chi connectivity index (χ0n) is 17.2. The van der Waals surface area contributed by atoms with Gasteiger partial charge in [0.1, 0.15) is 0 Å². The van der Waals surface area contributed by atoms with E-state index in [1.807, 2.05) is 42.5 Å². The third-order valence-electron chi connectivity index (χ3n) is 5.25. The Morgan fingerprint density at radius 1 is 0.900 bits per heavy atom. The summed E-state index contributed by atoms with van der Waals surface area (Å²) in [4.78, 5) is 15.4. The van der Waals surface area contributed by atoms with Crippen LogP contribution < -0.4 is 24.4 Å². The van der Waals surface area contributed by atoms with E-state index in [9.17, 15) is 4.79 Å². The first-order valence-electron chi connectivity index (χ1n) is 9.68. The van der Waals surface area contributed by atoms with Gasteiger partial charge in [-0.2, -0.15) is 0 Å². The molecule has 1 unspecified atom stereocenters. The second kappa shape index (κ2) is 8.37. The molecule has 3 aromatic rings. The molecule has 0 saturated carbocycles. The Labute approximate surface area is 176 Å². The van der Waals surface area contributed by atoms with Crippen LogP contribution in [0, 0.1) is 0 Å². The monoisotopic (exact) mass is 404 g/mol. The van der Waals surface area contributed by atoms with Gasteiger partial charge >= 0.3 is 0 Å². The fraction of sp³-hybridized carbons (Fsp3) is 0.208. The lowest BCUT2D eigenvalue weighted by Crippen LogP contribution is -2.40. The summed E-state index contributed by atoms with van der Waals surface area (Å²) in [6.07, 6.45) is 0. The number of fused-ring (bicyclic) bond motifs is 1. The predicted molar refractivity (Wildman–Crippen MR) is 117 cm³/mol. The Hall–Kier alpha value is -3.67. The van der Waals surface area contributed by atoms with E-state index in [4.69, 9.17) is 14.2 Å². The van der Waals surface area contributed by atoms with Crippen LogP contribution in [0.25, 0.3) is 0 Å². The molecular formula is C24H24N2O4. The molecule has 0 aromatic heterocycles. The van der Waals surface area contributed by atoms with Crippen LogP contribution in [0.1, 0.15) is 22.0 Å². The largest absolute Gasteiger partial charge is 0.493 e. The predicted octanol–water partition coefficient (Wildman–Crippen LogP) is 4.53. The van der Waals surface area contributed by atoms with Crippen LogP contribution in [0.5, 0.6) is 17.2 Å². The molecule has 1 aliphatic rings. The second-order valence-corrected chi connectivity index (χ2v) is 6.95. The molecule has 6 heteroatoms. The first kappa shape index (κ1) is 19.6. The Morgan fingerprint density at radius 2 is 1.53 bits per heavy atom. The highest BCUT2D eigenvalue weighted by molar-refractivity contribution is 6.09. The number of benzene rings is 3. The van der Waals surface area contributed by atoms with E-state index in [1.54, 1.807) is 24.1 Å². The van der Waals surface area contributed by atoms with Crippen molar-refractivity contribution >= 4 is 17.3 Å². The average Bonchev–Trinajstić information content (AvgIpc) is 2.82. The minimum atomic E-state index is -0.135. The fourth-order valence-corrected chi connectivity index (χ4v) is 3.77. The lowest BCUT2D eigenvalue weighted by molar-refractivity contribution is 0.0984. The summed E-state index contributed by atoms with van der Waals surface area (Å²) in [5.74, 6) is 1.22. The number of methoxy groups -OCH3 is 3. The zero-order chi connectivity index (χ0) is 21.1. The van der Waals surface area contributed by atoms with Crippen molar-refractivity contribution in [1.29, 1.82) is 0 Å². The highest BCUT2D eigenvalue weighted by Crippen LogP contribution is 2.40. The molecule has 1 N–H and O–H groups in total. The average molecular weight is 404 g/mol. The summed E-state index contributed by atoms with van der Waals surface area (Å²) in [6.45, 7) is 0.497. The van der Waals surface area contributed by atoms with Crippen LogP contribution in [0.3, 0.4) is 0 Å². The minimum absolute atomic E-state index is 0.0212. The molecule has 0 bridgehead atoms. The summed E-state index contributed by atoms with van der Waals surface area (Å²) in [5.41, 5.74) is 3.34. The van der Waals surface area contributed by atoms with E-state index in [-0.39, 0.29) is 11.9 Å². The third kappa shape index (κ3) is 3.52. The van der Waals surface area contributed by atoms with E-state index >= 15 is 0 Å². The van der Waals surface area contributed by atoms with Crippen molar-refractivity contribution in [2.45, 2.75) is 6.04 Å². The molecular weight excluding hydrogens is 380 g/mol. The van der Waals surface area contributed by atoms with E-state index in [0.717, 1.165) is 16.9 Å². The van der Waals surface area contributed by atoms with Gasteiger partial charge in [-0.3, -0.25) is 4.79 Å². The highest BCUT2D eigenvalue weighted by atomic mass is 16.5. The summed E-state index contributed by atoms with van der Waals surface area (Å²) < 4.78 is 16.2. The van der Waals surface area contributed by atoms with Gasteiger partial charge in [-0.05, 0) is 29.8 Å². The number of nitrogens with one attached hydrogen (secondary N) is 1. The highest BCUT2D eigenvalue weighted by Gasteiger charge is 2.30. The fourth-order valence-electron chi connectivity index (χ4n) is 3.77. The molecule has 0 saturated heterocycles. The summed E-state index contributed by atoms with van der Waals surface area (Å²) in [7, 11) is 4.62. The molecule has 1 atom stereocenters. The van der Waals surface area contributed by atoms with Gasteiger partial charge in [-0.15, -0.1) is 0 Å². The van der Waals surface area contributed by atoms with Crippen molar-refractivity contribution in [3.05, 3.63) is 77.9 Å². The van der Waals surface area contributed by atoms with Crippen molar-refractivity contribution < 1.29 is 19.0 Å². The van der Waals surface area contributed by atoms with Crippen LogP contribution in [-0.4, -0.2) is 33.8 Å². The first-order chi connectivity index (χ1) is 14.7. The van der Waals surface area contributed by atoms with Gasteiger partial charge in [-0.1, -0.05) is 42.5 Å². The maximum atomic E-state index is 13.6. The van der Waals surface area contributed by atoms with Gasteiger partial charge in [0.05, 0.1) is 45.3 Å². The van der Waals surface area contributed by atoms with Gasteiger partial charge in [0, 0.05) is 5.56 Å². The molecule has 6 nitrogen and oxygen atoms in total. The number of ether oxygens (including phenoxy) is 3. The zero-order valence-corrected chi connectivity index (χ0v) is 17.2. The standard InChI is InChI=1S/C24H24N2O4/c1-28-21-13-17(14-22(29-2)23(21)30-3)24(27)26-15-19(16-9-5-4-6-10-16)25-18-11-7-8-12-20(18)26/h4-14,19,25H,15H2,1-3H3. The van der Waals surface area contributed by atoms with Crippen LogP contribution in [0.4, 0.5) is 11.4 Å². The maximum Gasteiger partial charge on any atom is 0.258 e. The molecule has 0 aliphatic carbocycles. The molecule has 4 rings (SSSR count). The van der Waals surface area contributed by atoms with E-state index in [0.29, 0.717) is 29.4 Å². The molecule has 154 valence electrons. The van der Waals surface area contributed by atoms with Crippen LogP contribution in [0.15, 0.2) is 66.7 Å². The molecule has 1 aliphatic heterocycles. The van der Waals surface area contributed by atoms with Gasteiger partial charge in [0.2, 0.25) is 5.75 Å². The topological polar surface area (TPSA) is 60.0 Å². The number of amides is 1. The van der Waals surface area contributed by atoms with Crippen molar-refractivity contribution in [1.82, 2.24) is 0 Å². The van der Waals surface area contributed by atoms with Crippen LogP contribution in [-0.2, 0) is 0 Å². The molecule has 3 aromatic carbocycles. The number of rotatable bonds is 5. The second-order valence-electron chi connectivity index (χ2n) is 6.95. The number of carbonyl (C=O) groups excluding carboxylic acids is 1. The number of hydrogen-bond donors (Lipinski definition) is 1. The summed E-state index contributed by atoms with van der Waals surface area (Å²) in [6, 6.07) is 21.3. The van der Waals surface area contributed by atoms with Crippen molar-refractivity contribution in [2.75, 3.05) is 38.1 Å². The number of hydrogen-bond acceptors (Lipinski definition) is 5. The van der Waals surface area contributed by atoms with Crippen molar-refractivity contribution in [3.8, 4) is 17.2 Å². The third-order valence-corrected chi connectivity index (χ3v) is 5.25. The number of nitrogens with zero attached hydrogens (tertiary/aromatic N) is 1. The molecule has 0 fully saturated rings. The van der Waals surface area contributed by atoms with Crippen molar-refractivity contribution in [2.24, 2.45) is 0 Å². The minimum Gasteiger partial charge on any atom is -0.493 e. The molecule has 0 spiro atoms. The lowest BCUT2D eigenvalue weighted by atomic mass is 10.0. The van der Waals surface area contributed by atoms with Gasteiger partial charge in [0.15, 0.2) is 11.5 Å². The Balaban J connectivity index is 1.76. The summed E-state index contributed by atoms with van der Waals surface area (Å²) >= 11 is 0. The Morgan fingerprint density at radius 3 is 2.17 bits per heavy atom. The molecule has 30 heavy (non-hydrogen) atoms. The summed E-state index contributed by atoms with van der Waals surface area (Å²) in [5, 5.41) is 3.55. The normalized spacial score (nSPS) is 15.0. The quantitative estimate of drug-likeness (QED) is 0.677. The van der Waals surface area contributed by atoms with Gasteiger partial charge in [0.25, 0.3) is 5.91 Å². The van der Waals surface area contributed by atoms with Crippen molar-refractivity contribution in [3.63, 3.8) is 0 Å². The van der Waals surface area contributed by atoms with Gasteiger partial charge in [-0.25, -0.2) is 0 Å². The van der Waals surface area contributed by atoms with Crippen LogP contribution >= 0.6 is 0 Å². The molecule has 0 radical (unpaired) electrons. The van der Waals surface area contributed by atoms with E-state index in [1.165, 1.54) is 14.2 Å². The van der Waals surface area contributed by atoms with Crippen LogP contribution in [0.2, 0.25) is 0 Å². The SMILES string of the molecule is COc1cc(C(=O)N2CC(c3ccccc3)Nc3ccccc32)cc(OC)c1OC. The number of anilines is 2. The first-order valence-corrected chi connectivity index (χ1v) is 9.68. The molecule has 1 amide bonds. The number of carbonyl (C=O) groups is 1. The lowest BCUT2D eigenvalue weighted by Gasteiger charge is -2.36. The Bertz CT molecular complexity index is 1030. The molecule has 1 heterocycles. The van der Waals surface area contributed by atoms with E-state index < -0.39 is 0 Å².